The number of aromatic nitrogens is 2. The molecule has 0 spiro atoms. The van der Waals surface area contributed by atoms with Gasteiger partial charge in [-0.15, -0.1) is 0 Å². The number of halogens is 1. The molecule has 3 nitrogen and oxygen atoms in total. The Hall–Kier alpha value is -2.75. The van der Waals surface area contributed by atoms with Crippen molar-refractivity contribution in [2.24, 2.45) is 0 Å². The molecule has 0 bridgehead atoms. The number of hydrogen-bond acceptors (Lipinski definition) is 2. The van der Waals surface area contributed by atoms with E-state index in [-0.39, 0.29) is 11.4 Å². The first kappa shape index (κ1) is 15.2. The number of aryl methyl sites for hydroxylation is 2. The lowest BCUT2D eigenvalue weighted by atomic mass is 10.1. The van der Waals surface area contributed by atoms with Crippen molar-refractivity contribution in [1.82, 2.24) is 9.55 Å². The Morgan fingerprint density at radius 2 is 1.83 bits per heavy atom. The van der Waals surface area contributed by atoms with E-state index in [0.717, 1.165) is 5.56 Å². The molecule has 3 aromatic rings. The highest BCUT2D eigenvalue weighted by atomic mass is 19.1. The third-order valence-electron chi connectivity index (χ3n) is 3.69. The lowest BCUT2D eigenvalue weighted by molar-refractivity contribution is 0.626. The maximum absolute atomic E-state index is 13.5. The Morgan fingerprint density at radius 1 is 1.04 bits per heavy atom. The summed E-state index contributed by atoms with van der Waals surface area (Å²) in [5.74, 6) is 0.165. The molecule has 0 aliphatic rings. The molecule has 0 saturated carbocycles. The molecule has 1 aromatic heterocycles. The van der Waals surface area contributed by atoms with Crippen LogP contribution in [0.4, 0.5) is 4.39 Å². The summed E-state index contributed by atoms with van der Waals surface area (Å²) in [6, 6.07) is 17.6. The third-order valence-corrected chi connectivity index (χ3v) is 3.69. The maximum Gasteiger partial charge on any atom is 0.253 e. The van der Waals surface area contributed by atoms with E-state index in [9.17, 15) is 9.18 Å². The smallest absolute Gasteiger partial charge is 0.253 e. The SMILES string of the molecule is Cc1cc(=O)n(CCc2ccccc2)c(-c2cccc(F)c2)n1. The standard InChI is InChI=1S/C19H17FN2O/c1-14-12-18(23)22(11-10-15-6-3-2-4-7-15)19(21-14)16-8-5-9-17(20)13-16/h2-9,12-13H,10-11H2,1H3. The van der Waals surface area contributed by atoms with Crippen LogP contribution in [0.1, 0.15) is 11.3 Å². The first-order valence-corrected chi connectivity index (χ1v) is 7.52. The van der Waals surface area contributed by atoms with Crippen molar-refractivity contribution < 1.29 is 4.39 Å². The first-order valence-electron chi connectivity index (χ1n) is 7.52. The van der Waals surface area contributed by atoms with E-state index in [1.807, 2.05) is 30.3 Å². The van der Waals surface area contributed by atoms with Crippen LogP contribution in [0.3, 0.4) is 0 Å². The number of nitrogens with zero attached hydrogens (tertiary/aromatic N) is 2. The molecule has 4 heteroatoms. The van der Waals surface area contributed by atoms with E-state index in [1.54, 1.807) is 23.6 Å². The topological polar surface area (TPSA) is 34.9 Å². The summed E-state index contributed by atoms with van der Waals surface area (Å²) in [4.78, 5) is 16.8. The Kier molecular flexibility index (Phi) is 4.33. The minimum atomic E-state index is -0.340. The zero-order valence-corrected chi connectivity index (χ0v) is 12.9. The molecule has 0 unspecified atom stereocenters. The fourth-order valence-electron chi connectivity index (χ4n) is 2.57. The van der Waals surface area contributed by atoms with Gasteiger partial charge in [-0.3, -0.25) is 9.36 Å². The van der Waals surface area contributed by atoms with E-state index in [1.165, 1.54) is 18.2 Å². The Morgan fingerprint density at radius 3 is 2.57 bits per heavy atom. The van der Waals surface area contributed by atoms with Crippen molar-refractivity contribution in [2.75, 3.05) is 0 Å². The van der Waals surface area contributed by atoms with Gasteiger partial charge in [-0.05, 0) is 31.0 Å². The molecule has 0 amide bonds. The molecule has 0 aliphatic heterocycles. The monoisotopic (exact) mass is 308 g/mol. The quantitative estimate of drug-likeness (QED) is 0.738. The van der Waals surface area contributed by atoms with E-state index in [0.29, 0.717) is 30.0 Å². The van der Waals surface area contributed by atoms with Crippen molar-refractivity contribution in [3.05, 3.63) is 88.1 Å². The molecule has 0 fully saturated rings. The van der Waals surface area contributed by atoms with Crippen LogP contribution in [-0.4, -0.2) is 9.55 Å². The minimum Gasteiger partial charge on any atom is -0.292 e. The predicted molar refractivity (Wildman–Crippen MR) is 88.8 cm³/mol. The summed E-state index contributed by atoms with van der Waals surface area (Å²) >= 11 is 0. The molecule has 0 N–H and O–H groups in total. The molecule has 0 atom stereocenters. The fourth-order valence-corrected chi connectivity index (χ4v) is 2.57. The van der Waals surface area contributed by atoms with Gasteiger partial charge in [0.15, 0.2) is 0 Å². The molecule has 23 heavy (non-hydrogen) atoms. The molecule has 0 saturated heterocycles. The number of rotatable bonds is 4. The van der Waals surface area contributed by atoms with Crippen molar-refractivity contribution in [2.45, 2.75) is 19.9 Å². The van der Waals surface area contributed by atoms with E-state index >= 15 is 0 Å². The van der Waals surface area contributed by atoms with Gasteiger partial charge in [0, 0.05) is 23.9 Å². The summed E-state index contributed by atoms with van der Waals surface area (Å²) in [7, 11) is 0. The average molecular weight is 308 g/mol. The molecule has 1 heterocycles. The van der Waals surface area contributed by atoms with Crippen LogP contribution in [-0.2, 0) is 13.0 Å². The van der Waals surface area contributed by atoms with Crippen LogP contribution in [0.15, 0.2) is 65.5 Å². The summed E-state index contributed by atoms with van der Waals surface area (Å²) in [6.07, 6.45) is 0.716. The molecular formula is C19H17FN2O. The van der Waals surface area contributed by atoms with Crippen molar-refractivity contribution in [3.8, 4) is 11.4 Å². The number of benzene rings is 2. The van der Waals surface area contributed by atoms with Crippen molar-refractivity contribution in [3.63, 3.8) is 0 Å². The van der Waals surface area contributed by atoms with Crippen molar-refractivity contribution >= 4 is 0 Å². The van der Waals surface area contributed by atoms with Gasteiger partial charge in [0.05, 0.1) is 0 Å². The highest BCUT2D eigenvalue weighted by Gasteiger charge is 2.10. The first-order chi connectivity index (χ1) is 11.1. The van der Waals surface area contributed by atoms with Gasteiger partial charge in [-0.2, -0.15) is 0 Å². The average Bonchev–Trinajstić information content (AvgIpc) is 2.54. The lowest BCUT2D eigenvalue weighted by Gasteiger charge is -2.13. The predicted octanol–water partition coefficient (Wildman–Crippen LogP) is 3.60. The normalized spacial score (nSPS) is 10.7. The van der Waals surface area contributed by atoms with Crippen LogP contribution in [0, 0.1) is 12.7 Å². The largest absolute Gasteiger partial charge is 0.292 e. The van der Waals surface area contributed by atoms with Gasteiger partial charge < -0.3 is 0 Å². The third kappa shape index (κ3) is 3.54. The van der Waals surface area contributed by atoms with E-state index < -0.39 is 0 Å². The van der Waals surface area contributed by atoms with Crippen molar-refractivity contribution in [1.29, 1.82) is 0 Å². The van der Waals surface area contributed by atoms with E-state index in [4.69, 9.17) is 0 Å². The molecule has 2 aromatic carbocycles. The van der Waals surface area contributed by atoms with E-state index in [2.05, 4.69) is 4.98 Å². The summed E-state index contributed by atoms with van der Waals surface area (Å²) < 4.78 is 15.1. The van der Waals surface area contributed by atoms with Crippen LogP contribution in [0.25, 0.3) is 11.4 Å². The second-order valence-electron chi connectivity index (χ2n) is 5.46. The zero-order valence-electron chi connectivity index (χ0n) is 12.9. The second kappa shape index (κ2) is 6.57. The number of hydrogen-bond donors (Lipinski definition) is 0. The lowest BCUT2D eigenvalue weighted by Crippen LogP contribution is -2.24. The van der Waals surface area contributed by atoms with Gasteiger partial charge in [0.25, 0.3) is 5.56 Å². The highest BCUT2D eigenvalue weighted by Crippen LogP contribution is 2.17. The highest BCUT2D eigenvalue weighted by molar-refractivity contribution is 5.55. The van der Waals surface area contributed by atoms with Crippen LogP contribution in [0.5, 0.6) is 0 Å². The van der Waals surface area contributed by atoms with Gasteiger partial charge in [0.1, 0.15) is 11.6 Å². The molecular weight excluding hydrogens is 291 g/mol. The van der Waals surface area contributed by atoms with Crippen LogP contribution >= 0.6 is 0 Å². The summed E-state index contributed by atoms with van der Waals surface area (Å²) in [5.41, 5.74) is 2.27. The Labute approximate surface area is 134 Å². The Bertz CT molecular complexity index is 872. The van der Waals surface area contributed by atoms with Crippen LogP contribution in [0.2, 0.25) is 0 Å². The molecule has 116 valence electrons. The summed E-state index contributed by atoms with van der Waals surface area (Å²) in [5, 5.41) is 0. The second-order valence-corrected chi connectivity index (χ2v) is 5.46. The molecule has 3 rings (SSSR count). The Balaban J connectivity index is 2.00. The maximum atomic E-state index is 13.5. The molecule has 0 aliphatic carbocycles. The minimum absolute atomic E-state index is 0.118. The van der Waals surface area contributed by atoms with Gasteiger partial charge >= 0.3 is 0 Å². The summed E-state index contributed by atoms with van der Waals surface area (Å²) in [6.45, 7) is 2.27. The van der Waals surface area contributed by atoms with Crippen LogP contribution < -0.4 is 5.56 Å². The van der Waals surface area contributed by atoms with Gasteiger partial charge in [0.2, 0.25) is 0 Å². The molecule has 0 radical (unpaired) electrons. The fraction of sp³-hybridized carbons (Fsp3) is 0.158. The zero-order chi connectivity index (χ0) is 16.2. The van der Waals surface area contributed by atoms with Gasteiger partial charge in [-0.25, -0.2) is 9.37 Å². The van der Waals surface area contributed by atoms with Gasteiger partial charge in [-0.1, -0.05) is 42.5 Å².